The maximum absolute atomic E-state index is 12.0. The molecule has 0 bridgehead atoms. The van der Waals surface area contributed by atoms with Crippen molar-refractivity contribution in [2.45, 2.75) is 38.1 Å². The number of esters is 1. The third kappa shape index (κ3) is 4.63. The SMILES string of the molecule is COC(=O)c1ccc(Cl)c(NCC(=O)NC2CCCCC2)c1. The maximum atomic E-state index is 12.0. The van der Waals surface area contributed by atoms with Crippen molar-refractivity contribution in [1.82, 2.24) is 5.32 Å². The summed E-state index contributed by atoms with van der Waals surface area (Å²) >= 11 is 6.07. The van der Waals surface area contributed by atoms with E-state index < -0.39 is 5.97 Å². The minimum atomic E-state index is -0.439. The number of anilines is 1. The zero-order valence-corrected chi connectivity index (χ0v) is 13.4. The molecule has 5 nitrogen and oxygen atoms in total. The van der Waals surface area contributed by atoms with Crippen molar-refractivity contribution in [2.75, 3.05) is 19.0 Å². The number of benzene rings is 1. The minimum absolute atomic E-state index is 0.0635. The zero-order valence-electron chi connectivity index (χ0n) is 12.7. The first-order chi connectivity index (χ1) is 10.6. The number of halogens is 1. The molecule has 6 heteroatoms. The van der Waals surface area contributed by atoms with E-state index in [2.05, 4.69) is 15.4 Å². The van der Waals surface area contributed by atoms with Crippen LogP contribution in [0.2, 0.25) is 5.02 Å². The van der Waals surface area contributed by atoms with Crippen LogP contribution in [0, 0.1) is 0 Å². The lowest BCUT2D eigenvalue weighted by Gasteiger charge is -2.23. The third-order valence-electron chi connectivity index (χ3n) is 3.80. The van der Waals surface area contributed by atoms with Gasteiger partial charge in [-0.1, -0.05) is 30.9 Å². The van der Waals surface area contributed by atoms with Crippen molar-refractivity contribution in [2.24, 2.45) is 0 Å². The first-order valence-corrected chi connectivity index (χ1v) is 7.89. The van der Waals surface area contributed by atoms with Gasteiger partial charge in [-0.25, -0.2) is 4.79 Å². The van der Waals surface area contributed by atoms with E-state index in [-0.39, 0.29) is 18.5 Å². The fraction of sp³-hybridized carbons (Fsp3) is 0.500. The van der Waals surface area contributed by atoms with Gasteiger partial charge in [-0.05, 0) is 31.0 Å². The number of carbonyl (C=O) groups excluding carboxylic acids is 2. The summed E-state index contributed by atoms with van der Waals surface area (Å²) in [5, 5.41) is 6.45. The van der Waals surface area contributed by atoms with Gasteiger partial charge in [-0.2, -0.15) is 0 Å². The Kier molecular flexibility index (Phi) is 6.07. The third-order valence-corrected chi connectivity index (χ3v) is 4.13. The highest BCUT2D eigenvalue weighted by molar-refractivity contribution is 6.33. The van der Waals surface area contributed by atoms with E-state index in [0.29, 0.717) is 16.3 Å². The fourth-order valence-corrected chi connectivity index (χ4v) is 2.79. The van der Waals surface area contributed by atoms with Crippen molar-refractivity contribution in [3.63, 3.8) is 0 Å². The number of carbonyl (C=O) groups is 2. The van der Waals surface area contributed by atoms with E-state index in [0.717, 1.165) is 12.8 Å². The Hall–Kier alpha value is -1.75. The summed E-state index contributed by atoms with van der Waals surface area (Å²) in [5.41, 5.74) is 0.936. The molecule has 0 spiro atoms. The monoisotopic (exact) mass is 324 g/mol. The maximum Gasteiger partial charge on any atom is 0.337 e. The lowest BCUT2D eigenvalue weighted by Crippen LogP contribution is -2.39. The average molecular weight is 325 g/mol. The number of hydrogen-bond donors (Lipinski definition) is 2. The number of amides is 1. The average Bonchev–Trinajstić information content (AvgIpc) is 2.54. The highest BCUT2D eigenvalue weighted by Crippen LogP contribution is 2.23. The normalized spacial score (nSPS) is 15.2. The van der Waals surface area contributed by atoms with Gasteiger partial charge in [0.1, 0.15) is 0 Å². The first-order valence-electron chi connectivity index (χ1n) is 7.51. The van der Waals surface area contributed by atoms with Crippen LogP contribution >= 0.6 is 11.6 Å². The van der Waals surface area contributed by atoms with Crippen LogP contribution in [0.5, 0.6) is 0 Å². The van der Waals surface area contributed by atoms with Gasteiger partial charge >= 0.3 is 5.97 Å². The summed E-state index contributed by atoms with van der Waals surface area (Å²) in [6.45, 7) is 0.126. The van der Waals surface area contributed by atoms with Crippen molar-refractivity contribution < 1.29 is 14.3 Å². The van der Waals surface area contributed by atoms with Crippen molar-refractivity contribution in [3.05, 3.63) is 28.8 Å². The molecule has 2 N–H and O–H groups in total. The molecule has 1 aromatic rings. The largest absolute Gasteiger partial charge is 0.465 e. The Balaban J connectivity index is 1.89. The molecule has 0 unspecified atom stereocenters. The highest BCUT2D eigenvalue weighted by atomic mass is 35.5. The number of nitrogens with one attached hydrogen (secondary N) is 2. The Labute approximate surface area is 135 Å². The van der Waals surface area contributed by atoms with Crippen LogP contribution in [0.25, 0.3) is 0 Å². The van der Waals surface area contributed by atoms with Gasteiger partial charge < -0.3 is 15.4 Å². The van der Waals surface area contributed by atoms with Crippen molar-refractivity contribution in [1.29, 1.82) is 0 Å². The molecule has 1 aliphatic carbocycles. The summed E-state index contributed by atoms with van der Waals surface area (Å²) in [6, 6.07) is 5.05. The molecule has 22 heavy (non-hydrogen) atoms. The predicted molar refractivity (Wildman–Crippen MR) is 86.3 cm³/mol. The minimum Gasteiger partial charge on any atom is -0.465 e. The van der Waals surface area contributed by atoms with Gasteiger partial charge in [-0.15, -0.1) is 0 Å². The summed E-state index contributed by atoms with van der Waals surface area (Å²) < 4.78 is 4.67. The van der Waals surface area contributed by atoms with Gasteiger partial charge in [0.15, 0.2) is 0 Å². The molecule has 1 amide bonds. The molecule has 0 heterocycles. The quantitative estimate of drug-likeness (QED) is 0.817. The first kappa shape index (κ1) is 16.6. The Bertz CT molecular complexity index is 542. The lowest BCUT2D eigenvalue weighted by molar-refractivity contribution is -0.120. The molecule has 1 aromatic carbocycles. The number of ether oxygens (including phenoxy) is 1. The van der Waals surface area contributed by atoms with E-state index in [9.17, 15) is 9.59 Å². The topological polar surface area (TPSA) is 67.4 Å². The van der Waals surface area contributed by atoms with E-state index >= 15 is 0 Å². The second kappa shape index (κ2) is 8.03. The second-order valence-corrected chi connectivity index (χ2v) is 5.85. The summed E-state index contributed by atoms with van der Waals surface area (Å²) in [4.78, 5) is 23.5. The highest BCUT2D eigenvalue weighted by Gasteiger charge is 2.16. The standard InChI is InChI=1S/C16H21ClN2O3/c1-22-16(21)11-7-8-13(17)14(9-11)18-10-15(20)19-12-5-3-2-4-6-12/h7-9,12,18H,2-6,10H2,1H3,(H,19,20). The lowest BCUT2D eigenvalue weighted by atomic mass is 9.95. The van der Waals surface area contributed by atoms with Gasteiger partial charge in [0, 0.05) is 6.04 Å². The molecule has 0 aliphatic heterocycles. The van der Waals surface area contributed by atoms with E-state index in [1.54, 1.807) is 18.2 Å². The molecule has 1 aliphatic rings. The summed E-state index contributed by atoms with van der Waals surface area (Å²) in [7, 11) is 1.32. The van der Waals surface area contributed by atoms with Gasteiger partial charge in [0.25, 0.3) is 0 Å². The summed E-state index contributed by atoms with van der Waals surface area (Å²) in [5.74, 6) is -0.502. The molecule has 0 saturated heterocycles. The Morgan fingerprint density at radius 1 is 1.27 bits per heavy atom. The number of rotatable bonds is 5. The van der Waals surface area contributed by atoms with Crippen LogP contribution in [0.4, 0.5) is 5.69 Å². The number of methoxy groups -OCH3 is 1. The molecular weight excluding hydrogens is 304 g/mol. The van der Waals surface area contributed by atoms with Gasteiger partial charge in [0.2, 0.25) is 5.91 Å². The second-order valence-electron chi connectivity index (χ2n) is 5.44. The van der Waals surface area contributed by atoms with Gasteiger partial charge in [-0.3, -0.25) is 4.79 Å². The molecular formula is C16H21ClN2O3. The number of hydrogen-bond acceptors (Lipinski definition) is 4. The van der Waals surface area contributed by atoms with Crippen molar-refractivity contribution >= 4 is 29.2 Å². The van der Waals surface area contributed by atoms with E-state index in [4.69, 9.17) is 11.6 Å². The Morgan fingerprint density at radius 3 is 2.68 bits per heavy atom. The Morgan fingerprint density at radius 2 is 2.00 bits per heavy atom. The molecule has 1 fully saturated rings. The molecule has 120 valence electrons. The molecule has 2 rings (SSSR count). The van der Waals surface area contributed by atoms with Crippen LogP contribution in [-0.4, -0.2) is 31.6 Å². The zero-order chi connectivity index (χ0) is 15.9. The molecule has 1 saturated carbocycles. The van der Waals surface area contributed by atoms with E-state index in [1.165, 1.54) is 26.4 Å². The van der Waals surface area contributed by atoms with Crippen LogP contribution in [0.3, 0.4) is 0 Å². The molecule has 0 atom stereocenters. The van der Waals surface area contributed by atoms with Crippen LogP contribution in [0.15, 0.2) is 18.2 Å². The van der Waals surface area contributed by atoms with Crippen LogP contribution < -0.4 is 10.6 Å². The smallest absolute Gasteiger partial charge is 0.337 e. The van der Waals surface area contributed by atoms with Crippen LogP contribution in [-0.2, 0) is 9.53 Å². The molecule has 0 aromatic heterocycles. The van der Waals surface area contributed by atoms with Gasteiger partial charge in [0.05, 0.1) is 29.9 Å². The summed E-state index contributed by atoms with van der Waals surface area (Å²) in [6.07, 6.45) is 5.69. The molecule has 0 radical (unpaired) electrons. The fourth-order valence-electron chi connectivity index (χ4n) is 2.61. The van der Waals surface area contributed by atoms with E-state index in [1.807, 2.05) is 0 Å². The van der Waals surface area contributed by atoms with Crippen molar-refractivity contribution in [3.8, 4) is 0 Å². The van der Waals surface area contributed by atoms with Crippen LogP contribution in [0.1, 0.15) is 42.5 Å². The predicted octanol–water partition coefficient (Wildman–Crippen LogP) is 2.99.